The van der Waals surface area contributed by atoms with Gasteiger partial charge in [-0.2, -0.15) is 0 Å². The van der Waals surface area contributed by atoms with Crippen LogP contribution in [0.4, 0.5) is 23.4 Å². The SMILES string of the molecule is Nc1nc2cnc(C(=O)N3CCC4CC3c3c(F)cc(OC(F)(F)F)cc3O4)cc2n2cncc12. The molecule has 5 heterocycles. The van der Waals surface area contributed by atoms with Gasteiger partial charge in [0.25, 0.3) is 5.91 Å². The van der Waals surface area contributed by atoms with Crippen molar-refractivity contribution < 1.29 is 31.8 Å². The number of rotatable bonds is 2. The minimum Gasteiger partial charge on any atom is -0.490 e. The van der Waals surface area contributed by atoms with Gasteiger partial charge in [-0.05, 0) is 6.07 Å². The Hall–Kier alpha value is -4.16. The lowest BCUT2D eigenvalue weighted by Crippen LogP contribution is -2.47. The number of carbonyl (C=O) groups excluding carboxylic acids is 1. The van der Waals surface area contributed by atoms with Crippen LogP contribution in [0, 0.1) is 5.82 Å². The molecule has 0 aliphatic carbocycles. The van der Waals surface area contributed by atoms with E-state index in [1.54, 1.807) is 23.0 Å². The normalized spacial score (nSPS) is 19.5. The molecule has 1 fully saturated rings. The van der Waals surface area contributed by atoms with Crippen LogP contribution in [0.15, 0.2) is 36.9 Å². The predicted octanol–water partition coefficient (Wildman–Crippen LogP) is 3.64. The van der Waals surface area contributed by atoms with Crippen molar-refractivity contribution in [3.05, 3.63) is 54.0 Å². The van der Waals surface area contributed by atoms with Crippen LogP contribution in [-0.2, 0) is 0 Å². The van der Waals surface area contributed by atoms with E-state index in [0.717, 1.165) is 6.07 Å². The maximum atomic E-state index is 15.0. The summed E-state index contributed by atoms with van der Waals surface area (Å²) in [5.74, 6) is -1.94. The van der Waals surface area contributed by atoms with Crippen molar-refractivity contribution in [1.29, 1.82) is 0 Å². The molecule has 35 heavy (non-hydrogen) atoms. The van der Waals surface area contributed by atoms with Gasteiger partial charge < -0.3 is 20.1 Å². The molecule has 0 radical (unpaired) electrons. The van der Waals surface area contributed by atoms with Crippen molar-refractivity contribution in [1.82, 2.24) is 24.3 Å². The van der Waals surface area contributed by atoms with Crippen LogP contribution in [-0.4, -0.2) is 49.2 Å². The summed E-state index contributed by atoms with van der Waals surface area (Å²) in [5.41, 5.74) is 7.65. The smallest absolute Gasteiger partial charge is 0.490 e. The fourth-order valence-corrected chi connectivity index (χ4v) is 4.76. The maximum Gasteiger partial charge on any atom is 0.573 e. The number of halogens is 4. The Morgan fingerprint density at radius 1 is 1.20 bits per heavy atom. The van der Waals surface area contributed by atoms with Crippen LogP contribution in [0.2, 0.25) is 0 Å². The maximum absolute atomic E-state index is 15.0. The molecule has 2 N–H and O–H groups in total. The molecular formula is C22H16F4N6O3. The zero-order valence-electron chi connectivity index (χ0n) is 17.8. The van der Waals surface area contributed by atoms with Crippen LogP contribution in [0.25, 0.3) is 16.6 Å². The Kier molecular flexibility index (Phi) is 4.53. The molecule has 2 aliphatic heterocycles. The third-order valence-corrected chi connectivity index (χ3v) is 6.22. The molecule has 1 aromatic carbocycles. The molecule has 2 bridgehead atoms. The Morgan fingerprint density at radius 3 is 2.83 bits per heavy atom. The lowest BCUT2D eigenvalue weighted by atomic mass is 9.89. The van der Waals surface area contributed by atoms with Crippen LogP contribution in [0.5, 0.6) is 11.5 Å². The largest absolute Gasteiger partial charge is 0.573 e. The van der Waals surface area contributed by atoms with E-state index in [0.29, 0.717) is 35.5 Å². The standard InChI is InChI=1S/C22H16F4N6O3/c23-12-3-11(35-22(24,25)26)5-18-19(12)16-4-10(34-18)1-2-31(16)21(33)13-6-15-14(7-29-13)30-20(27)17-8-28-9-32(15)17/h3,5-10,16H,1-2,4H2,(H2,27,30). The Morgan fingerprint density at radius 2 is 2.03 bits per heavy atom. The second kappa shape index (κ2) is 7.42. The molecule has 6 rings (SSSR count). The molecule has 0 saturated carbocycles. The highest BCUT2D eigenvalue weighted by Crippen LogP contribution is 2.46. The summed E-state index contributed by atoms with van der Waals surface area (Å²) in [6.07, 6.45) is -0.121. The third kappa shape index (κ3) is 3.54. The van der Waals surface area contributed by atoms with Crippen LogP contribution in [0.3, 0.4) is 0 Å². The van der Waals surface area contributed by atoms with E-state index in [9.17, 15) is 18.0 Å². The number of piperidine rings is 1. The highest BCUT2D eigenvalue weighted by Gasteiger charge is 2.42. The Bertz CT molecular complexity index is 1500. The van der Waals surface area contributed by atoms with E-state index in [1.165, 1.54) is 11.1 Å². The number of ether oxygens (including phenoxy) is 2. The molecule has 4 aromatic rings. The minimum absolute atomic E-state index is 0.0102. The Labute approximate surface area is 194 Å². The fourth-order valence-electron chi connectivity index (χ4n) is 4.76. The first kappa shape index (κ1) is 21.4. The quantitative estimate of drug-likeness (QED) is 0.429. The highest BCUT2D eigenvalue weighted by molar-refractivity contribution is 5.96. The molecule has 9 nitrogen and oxygen atoms in total. The number of hydrogen-bond donors (Lipinski definition) is 1. The van der Waals surface area contributed by atoms with Gasteiger partial charge in [-0.1, -0.05) is 0 Å². The van der Waals surface area contributed by atoms with Crippen molar-refractivity contribution in [2.75, 3.05) is 12.3 Å². The summed E-state index contributed by atoms with van der Waals surface area (Å²) in [5, 5.41) is 0. The van der Waals surface area contributed by atoms with Crippen molar-refractivity contribution in [2.24, 2.45) is 0 Å². The number of carbonyl (C=O) groups is 1. The third-order valence-electron chi connectivity index (χ3n) is 6.22. The summed E-state index contributed by atoms with van der Waals surface area (Å²) < 4.78 is 64.2. The lowest BCUT2D eigenvalue weighted by Gasteiger charge is -2.43. The topological polar surface area (TPSA) is 108 Å². The number of nitrogens with two attached hydrogens (primary N) is 1. The number of likely N-dealkylation sites (tertiary alicyclic amines) is 1. The van der Waals surface area contributed by atoms with Gasteiger partial charge in [0.15, 0.2) is 0 Å². The van der Waals surface area contributed by atoms with Crippen molar-refractivity contribution in [3.8, 4) is 11.5 Å². The molecule has 3 aromatic heterocycles. The summed E-state index contributed by atoms with van der Waals surface area (Å²) in [6, 6.07) is 2.47. The Balaban J connectivity index is 1.39. The average molecular weight is 488 g/mol. The summed E-state index contributed by atoms with van der Waals surface area (Å²) in [7, 11) is 0. The van der Waals surface area contributed by atoms with E-state index in [1.807, 2.05) is 0 Å². The number of hydrogen-bond acceptors (Lipinski definition) is 7. The number of pyridine rings is 1. The first-order valence-electron chi connectivity index (χ1n) is 10.6. The van der Waals surface area contributed by atoms with Crippen molar-refractivity contribution in [3.63, 3.8) is 0 Å². The zero-order chi connectivity index (χ0) is 24.5. The molecule has 180 valence electrons. The van der Waals surface area contributed by atoms with Crippen LogP contribution in [0.1, 0.15) is 34.9 Å². The number of anilines is 1. The van der Waals surface area contributed by atoms with Crippen molar-refractivity contribution in [2.45, 2.75) is 31.3 Å². The van der Waals surface area contributed by atoms with E-state index in [-0.39, 0.29) is 35.5 Å². The van der Waals surface area contributed by atoms with Crippen molar-refractivity contribution >= 4 is 28.3 Å². The molecule has 2 atom stereocenters. The highest BCUT2D eigenvalue weighted by atomic mass is 19.4. The summed E-state index contributed by atoms with van der Waals surface area (Å²) >= 11 is 0. The first-order valence-corrected chi connectivity index (χ1v) is 10.6. The van der Waals surface area contributed by atoms with E-state index in [2.05, 4.69) is 19.7 Å². The number of fused-ring (bicyclic) bond motifs is 7. The monoisotopic (exact) mass is 488 g/mol. The second-order valence-corrected chi connectivity index (χ2v) is 8.35. The molecular weight excluding hydrogens is 472 g/mol. The van der Waals surface area contributed by atoms with Gasteiger partial charge in [-0.25, -0.2) is 19.3 Å². The van der Waals surface area contributed by atoms with Gasteiger partial charge in [0.2, 0.25) is 0 Å². The number of nitrogen functional groups attached to an aromatic ring is 1. The number of aromatic nitrogens is 4. The second-order valence-electron chi connectivity index (χ2n) is 8.35. The van der Waals surface area contributed by atoms with Crippen LogP contribution < -0.4 is 15.2 Å². The number of benzene rings is 1. The number of imidazole rings is 1. The summed E-state index contributed by atoms with van der Waals surface area (Å²) in [4.78, 5) is 27.6. The van der Waals surface area contributed by atoms with Gasteiger partial charge in [-0.15, -0.1) is 13.2 Å². The molecule has 2 aliphatic rings. The lowest BCUT2D eigenvalue weighted by molar-refractivity contribution is -0.274. The average Bonchev–Trinajstić information content (AvgIpc) is 3.28. The van der Waals surface area contributed by atoms with Gasteiger partial charge in [0.05, 0.1) is 35.8 Å². The number of amides is 1. The van der Waals surface area contributed by atoms with Gasteiger partial charge in [0, 0.05) is 31.5 Å². The molecule has 1 amide bonds. The zero-order valence-corrected chi connectivity index (χ0v) is 17.8. The molecule has 1 saturated heterocycles. The minimum atomic E-state index is -4.98. The molecule has 2 unspecified atom stereocenters. The molecule has 13 heteroatoms. The first-order chi connectivity index (χ1) is 16.7. The number of nitrogens with zero attached hydrogens (tertiary/aromatic N) is 5. The van der Waals surface area contributed by atoms with Gasteiger partial charge in [-0.3, -0.25) is 9.20 Å². The van der Waals surface area contributed by atoms with E-state index >= 15 is 4.39 Å². The van der Waals surface area contributed by atoms with Gasteiger partial charge in [0.1, 0.15) is 46.0 Å². The molecule has 0 spiro atoms. The summed E-state index contributed by atoms with van der Waals surface area (Å²) in [6.45, 7) is 0.258. The van der Waals surface area contributed by atoms with E-state index < -0.39 is 29.9 Å². The predicted molar refractivity (Wildman–Crippen MR) is 113 cm³/mol. The van der Waals surface area contributed by atoms with Gasteiger partial charge >= 0.3 is 6.36 Å². The fraction of sp³-hybridized carbons (Fsp3) is 0.273. The van der Waals surface area contributed by atoms with E-state index in [4.69, 9.17) is 10.5 Å². The van der Waals surface area contributed by atoms with Crippen LogP contribution >= 0.6 is 0 Å². The number of alkyl halides is 3.